The zero-order valence-electron chi connectivity index (χ0n) is 5.93. The summed E-state index contributed by atoms with van der Waals surface area (Å²) < 4.78 is 17.7. The molecule has 0 saturated heterocycles. The van der Waals surface area contributed by atoms with Crippen LogP contribution in [-0.2, 0) is 6.42 Å². The minimum atomic E-state index is -0.200. The fourth-order valence-corrected chi connectivity index (χ4v) is 1.16. The van der Waals surface area contributed by atoms with E-state index in [1.165, 1.54) is 12.1 Å². The van der Waals surface area contributed by atoms with Gasteiger partial charge in [0.1, 0.15) is 11.6 Å². The van der Waals surface area contributed by atoms with Gasteiger partial charge in [-0.05, 0) is 36.6 Å². The average molecular weight is 150 g/mol. The second kappa shape index (κ2) is 2.53. The molecule has 0 N–H and O–H groups in total. The average Bonchev–Trinajstić information content (AvgIpc) is 2.04. The lowest BCUT2D eigenvalue weighted by molar-refractivity contribution is 0.365. The Labute approximate surface area is 64.8 Å². The number of benzene rings is 1. The molecule has 0 unspecified atom stereocenters. The summed E-state index contributed by atoms with van der Waals surface area (Å²) in [5.74, 6) is 0.534. The second-order valence-corrected chi connectivity index (χ2v) is 2.50. The van der Waals surface area contributed by atoms with E-state index in [-0.39, 0.29) is 5.82 Å². The Morgan fingerprint density at radius 2 is 2.36 bits per heavy atom. The lowest BCUT2D eigenvalue weighted by Crippen LogP contribution is -2.03. The topological polar surface area (TPSA) is 9.23 Å². The Hall–Kier alpha value is -1.05. The van der Waals surface area contributed by atoms with E-state index in [1.807, 2.05) is 0 Å². The van der Waals surface area contributed by atoms with Crippen molar-refractivity contribution in [3.63, 3.8) is 0 Å². The summed E-state index contributed by atoms with van der Waals surface area (Å²) in [6.07, 6.45) is 1.57. The second-order valence-electron chi connectivity index (χ2n) is 2.50. The van der Waals surface area contributed by atoms with E-state index >= 15 is 0 Å². The third-order valence-corrected chi connectivity index (χ3v) is 1.70. The van der Waals surface area contributed by atoms with Crippen molar-refractivity contribution < 1.29 is 9.13 Å². The van der Waals surface area contributed by atoms with E-state index in [1.54, 1.807) is 6.07 Å². The van der Waals surface area contributed by atoms with E-state index in [2.05, 4.69) is 6.61 Å². The van der Waals surface area contributed by atoms with Crippen LogP contribution in [-0.4, -0.2) is 0 Å². The first-order valence-electron chi connectivity index (χ1n) is 3.54. The molecule has 1 nitrogen and oxygen atoms in total. The van der Waals surface area contributed by atoms with Crippen molar-refractivity contribution in [2.24, 2.45) is 0 Å². The zero-order chi connectivity index (χ0) is 7.68. The van der Waals surface area contributed by atoms with Gasteiger partial charge in [0.05, 0.1) is 0 Å². The van der Waals surface area contributed by atoms with Gasteiger partial charge in [-0.15, -0.1) is 0 Å². The maximum atomic E-state index is 12.6. The molecule has 1 aromatic carbocycles. The first-order chi connectivity index (χ1) is 5.36. The van der Waals surface area contributed by atoms with Crippen LogP contribution in [0.25, 0.3) is 0 Å². The molecule has 2 heteroatoms. The maximum absolute atomic E-state index is 12.6. The van der Waals surface area contributed by atoms with Crippen molar-refractivity contribution in [2.75, 3.05) is 0 Å². The molecule has 0 aliphatic carbocycles. The van der Waals surface area contributed by atoms with Crippen LogP contribution in [0.4, 0.5) is 4.39 Å². The van der Waals surface area contributed by atoms with E-state index in [9.17, 15) is 4.39 Å². The summed E-state index contributed by atoms with van der Waals surface area (Å²) in [5, 5.41) is 0. The molecule has 0 saturated carbocycles. The summed E-state index contributed by atoms with van der Waals surface area (Å²) in [6.45, 7) is 2.74. The van der Waals surface area contributed by atoms with E-state index in [4.69, 9.17) is 4.74 Å². The largest absolute Gasteiger partial charge is 0.478 e. The quantitative estimate of drug-likeness (QED) is 0.550. The molecule has 1 aromatic rings. The van der Waals surface area contributed by atoms with Crippen LogP contribution in [0.2, 0.25) is 0 Å². The van der Waals surface area contributed by atoms with Crippen LogP contribution in [0, 0.1) is 12.4 Å². The standard InChI is InChI=1S/C9H7FO/c10-8-3-4-9-7(6-8)2-1-5-11-9/h3-4,6H,1-2H2. The molecule has 56 valence electrons. The van der Waals surface area contributed by atoms with Crippen LogP contribution in [0.3, 0.4) is 0 Å². The van der Waals surface area contributed by atoms with Crippen LogP contribution in [0.1, 0.15) is 12.0 Å². The zero-order valence-corrected chi connectivity index (χ0v) is 5.93. The van der Waals surface area contributed by atoms with Crippen molar-refractivity contribution >= 4 is 0 Å². The van der Waals surface area contributed by atoms with Crippen molar-refractivity contribution in [1.82, 2.24) is 0 Å². The summed E-state index contributed by atoms with van der Waals surface area (Å²) in [6, 6.07) is 4.54. The van der Waals surface area contributed by atoms with Crippen LogP contribution >= 0.6 is 0 Å². The van der Waals surface area contributed by atoms with Gasteiger partial charge < -0.3 is 4.74 Å². The monoisotopic (exact) mass is 150 g/mol. The summed E-state index contributed by atoms with van der Waals surface area (Å²) in [5.41, 5.74) is 0.934. The highest BCUT2D eigenvalue weighted by Crippen LogP contribution is 2.26. The molecule has 11 heavy (non-hydrogen) atoms. The summed E-state index contributed by atoms with van der Waals surface area (Å²) in [7, 11) is 0. The van der Waals surface area contributed by atoms with Gasteiger partial charge in [0.15, 0.2) is 6.61 Å². The van der Waals surface area contributed by atoms with Crippen molar-refractivity contribution in [2.45, 2.75) is 12.8 Å². The molecule has 0 atom stereocenters. The van der Waals surface area contributed by atoms with Gasteiger partial charge in [-0.3, -0.25) is 0 Å². The van der Waals surface area contributed by atoms with Gasteiger partial charge in [-0.1, -0.05) is 0 Å². The van der Waals surface area contributed by atoms with Gasteiger partial charge in [0.2, 0.25) is 0 Å². The Bertz CT molecular complexity index is 270. The molecule has 0 aromatic heterocycles. The lowest BCUT2D eigenvalue weighted by atomic mass is 10.1. The third-order valence-electron chi connectivity index (χ3n) is 1.70. The Morgan fingerprint density at radius 1 is 1.45 bits per heavy atom. The molecular weight excluding hydrogens is 143 g/mol. The third kappa shape index (κ3) is 1.20. The van der Waals surface area contributed by atoms with Crippen LogP contribution < -0.4 is 4.74 Å². The Kier molecular flexibility index (Phi) is 1.53. The molecule has 1 aliphatic rings. The van der Waals surface area contributed by atoms with E-state index < -0.39 is 0 Å². The molecule has 0 bridgehead atoms. The van der Waals surface area contributed by atoms with Gasteiger partial charge in [0.25, 0.3) is 0 Å². The van der Waals surface area contributed by atoms with Crippen molar-refractivity contribution in [3.8, 4) is 5.75 Å². The fraction of sp³-hybridized carbons (Fsp3) is 0.222. The van der Waals surface area contributed by atoms with E-state index in [0.29, 0.717) is 0 Å². The number of fused-ring (bicyclic) bond motifs is 1. The minimum absolute atomic E-state index is 0.200. The maximum Gasteiger partial charge on any atom is 0.196 e. The van der Waals surface area contributed by atoms with Gasteiger partial charge in [-0.25, -0.2) is 4.39 Å². The highest BCUT2D eigenvalue weighted by molar-refractivity contribution is 5.35. The number of hydrogen-bond donors (Lipinski definition) is 0. The van der Waals surface area contributed by atoms with Crippen LogP contribution in [0.5, 0.6) is 5.75 Å². The lowest BCUT2D eigenvalue weighted by Gasteiger charge is -2.14. The molecule has 2 radical (unpaired) electrons. The number of aryl methyl sites for hydroxylation is 1. The first kappa shape index (κ1) is 6.65. The molecule has 1 aliphatic heterocycles. The first-order valence-corrected chi connectivity index (χ1v) is 3.54. The van der Waals surface area contributed by atoms with Gasteiger partial charge in [0, 0.05) is 0 Å². The molecule has 2 rings (SSSR count). The van der Waals surface area contributed by atoms with Crippen LogP contribution in [0.15, 0.2) is 18.2 Å². The van der Waals surface area contributed by atoms with Gasteiger partial charge >= 0.3 is 0 Å². The predicted octanol–water partition coefficient (Wildman–Crippen LogP) is 2.19. The molecule has 0 fully saturated rings. The molecule has 0 spiro atoms. The molecular formula is C9H7FO. The van der Waals surface area contributed by atoms with Crippen molar-refractivity contribution in [3.05, 3.63) is 36.2 Å². The summed E-state index contributed by atoms with van der Waals surface area (Å²) >= 11 is 0. The van der Waals surface area contributed by atoms with Crippen molar-refractivity contribution in [1.29, 1.82) is 0 Å². The Morgan fingerprint density at radius 3 is 3.27 bits per heavy atom. The predicted molar refractivity (Wildman–Crippen MR) is 38.6 cm³/mol. The highest BCUT2D eigenvalue weighted by Gasteiger charge is 2.10. The Balaban J connectivity index is 2.43. The van der Waals surface area contributed by atoms with E-state index in [0.717, 1.165) is 24.2 Å². The number of halogens is 1. The number of rotatable bonds is 0. The highest BCUT2D eigenvalue weighted by atomic mass is 19.1. The smallest absolute Gasteiger partial charge is 0.196 e. The normalized spacial score (nSPS) is 15.4. The molecule has 1 heterocycles. The molecule has 0 amide bonds. The SMILES string of the molecule is Fc1ccc2c(c1)CC[C]O2. The summed E-state index contributed by atoms with van der Waals surface area (Å²) in [4.78, 5) is 0. The number of hydrogen-bond acceptors (Lipinski definition) is 1. The minimum Gasteiger partial charge on any atom is -0.478 e. The fourth-order valence-electron chi connectivity index (χ4n) is 1.16. The number of ether oxygens (including phenoxy) is 1. The van der Waals surface area contributed by atoms with Gasteiger partial charge in [-0.2, -0.15) is 0 Å².